The highest BCUT2D eigenvalue weighted by Crippen LogP contribution is 2.37. The van der Waals surface area contributed by atoms with Gasteiger partial charge in [-0.3, -0.25) is 0 Å². The van der Waals surface area contributed by atoms with Gasteiger partial charge in [-0.1, -0.05) is 61.2 Å². The van der Waals surface area contributed by atoms with Crippen molar-refractivity contribution in [1.82, 2.24) is 14.8 Å². The van der Waals surface area contributed by atoms with Gasteiger partial charge in [-0.2, -0.15) is 4.98 Å². The number of carbonyl (C=O) groups is 1. The van der Waals surface area contributed by atoms with E-state index in [-0.39, 0.29) is 0 Å². The lowest BCUT2D eigenvalue weighted by Gasteiger charge is -2.27. The molecule has 0 bridgehead atoms. The van der Waals surface area contributed by atoms with Crippen molar-refractivity contribution < 1.29 is 14.3 Å². The molecule has 1 unspecified atom stereocenters. The molecule has 0 fully saturated rings. The van der Waals surface area contributed by atoms with Gasteiger partial charge in [0.05, 0.1) is 19.3 Å². The van der Waals surface area contributed by atoms with Gasteiger partial charge in [0.2, 0.25) is 11.1 Å². The molecule has 33 heavy (non-hydrogen) atoms. The third-order valence-electron chi connectivity index (χ3n) is 5.37. The highest BCUT2D eigenvalue weighted by atomic mass is 32.2. The second kappa shape index (κ2) is 10.6. The van der Waals surface area contributed by atoms with Crippen LogP contribution in [0.15, 0.2) is 71.0 Å². The van der Waals surface area contributed by atoms with E-state index in [4.69, 9.17) is 9.47 Å². The van der Waals surface area contributed by atoms with E-state index < -0.39 is 12.0 Å². The molecule has 1 aliphatic heterocycles. The molecule has 2 aromatic carbocycles. The van der Waals surface area contributed by atoms with Crippen LogP contribution in [0, 0.1) is 0 Å². The monoisotopic (exact) mass is 464 g/mol. The summed E-state index contributed by atoms with van der Waals surface area (Å²) in [6.07, 6.45) is 1.87. The third-order valence-corrected chi connectivity index (χ3v) is 6.42. The number of thioether (sulfide) groups is 1. The molecule has 7 nitrogen and oxygen atoms in total. The Kier molecular flexibility index (Phi) is 7.34. The number of hydrogen-bond donors (Lipinski definition) is 1. The van der Waals surface area contributed by atoms with Crippen LogP contribution in [-0.4, -0.2) is 40.2 Å². The standard InChI is InChI=1S/C25H28N4O3S/c1-4-16-33-25-27-24-26-17(2)21(23(30)31-3)22(29(24)28-25)19-10-12-20(13-11-19)32-15-14-18-8-6-5-7-9-18/h5-13,22H,4,14-16H2,1-3H3,(H,26,27,28). The lowest BCUT2D eigenvalue weighted by atomic mass is 9.96. The highest BCUT2D eigenvalue weighted by molar-refractivity contribution is 7.99. The SMILES string of the molecule is CCCSc1nc2n(n1)C(c1ccc(OCCc3ccccc3)cc1)C(C(=O)OC)=C(C)N2. The zero-order valence-corrected chi connectivity index (χ0v) is 19.9. The average Bonchev–Trinajstić information content (AvgIpc) is 3.25. The summed E-state index contributed by atoms with van der Waals surface area (Å²) in [7, 11) is 1.39. The quantitative estimate of drug-likeness (QED) is 0.358. The second-order valence-corrected chi connectivity index (χ2v) is 8.78. The Labute approximate surface area is 198 Å². The highest BCUT2D eigenvalue weighted by Gasteiger charge is 2.34. The molecule has 0 saturated heterocycles. The number of anilines is 1. The number of aromatic nitrogens is 3. The van der Waals surface area contributed by atoms with Crippen LogP contribution < -0.4 is 10.1 Å². The molecule has 172 valence electrons. The maximum atomic E-state index is 12.7. The first-order valence-electron chi connectivity index (χ1n) is 11.0. The number of benzene rings is 2. The Balaban J connectivity index is 1.57. The first-order chi connectivity index (χ1) is 16.1. The van der Waals surface area contributed by atoms with Crippen molar-refractivity contribution in [2.45, 2.75) is 37.9 Å². The van der Waals surface area contributed by atoms with E-state index in [0.717, 1.165) is 29.9 Å². The zero-order chi connectivity index (χ0) is 23.2. The Hall–Kier alpha value is -3.26. The van der Waals surface area contributed by atoms with E-state index >= 15 is 0 Å². The van der Waals surface area contributed by atoms with Crippen LogP contribution >= 0.6 is 11.8 Å². The number of fused-ring (bicyclic) bond motifs is 1. The number of esters is 1. The molecule has 0 spiro atoms. The molecule has 3 aromatic rings. The van der Waals surface area contributed by atoms with Crippen LogP contribution in [0.3, 0.4) is 0 Å². The zero-order valence-electron chi connectivity index (χ0n) is 19.1. The van der Waals surface area contributed by atoms with Crippen molar-refractivity contribution in [3.63, 3.8) is 0 Å². The van der Waals surface area contributed by atoms with E-state index in [1.165, 1.54) is 12.7 Å². The first-order valence-corrected chi connectivity index (χ1v) is 12.0. The summed E-state index contributed by atoms with van der Waals surface area (Å²) in [6.45, 7) is 4.57. The molecule has 0 amide bonds. The Morgan fingerprint density at radius 2 is 1.91 bits per heavy atom. The Morgan fingerprint density at radius 3 is 2.61 bits per heavy atom. The lowest BCUT2D eigenvalue weighted by Crippen LogP contribution is -2.29. The minimum Gasteiger partial charge on any atom is -0.493 e. The predicted molar refractivity (Wildman–Crippen MR) is 130 cm³/mol. The summed E-state index contributed by atoms with van der Waals surface area (Å²) in [5.74, 6) is 1.94. The molecular weight excluding hydrogens is 436 g/mol. The number of carbonyl (C=O) groups excluding carboxylic acids is 1. The maximum Gasteiger partial charge on any atom is 0.338 e. The largest absolute Gasteiger partial charge is 0.493 e. The number of nitrogens with one attached hydrogen (secondary N) is 1. The van der Waals surface area contributed by atoms with E-state index in [9.17, 15) is 4.79 Å². The molecule has 4 rings (SSSR count). The summed E-state index contributed by atoms with van der Waals surface area (Å²) in [4.78, 5) is 17.3. The van der Waals surface area contributed by atoms with E-state index in [1.54, 1.807) is 16.4 Å². The number of methoxy groups -OCH3 is 1. The molecular formula is C25H28N4O3S. The fraction of sp³-hybridized carbons (Fsp3) is 0.320. The average molecular weight is 465 g/mol. The summed E-state index contributed by atoms with van der Waals surface area (Å²) in [5, 5.41) is 8.58. The van der Waals surface area contributed by atoms with Crippen LogP contribution in [0.4, 0.5) is 5.95 Å². The van der Waals surface area contributed by atoms with Gasteiger partial charge >= 0.3 is 5.97 Å². The van der Waals surface area contributed by atoms with Crippen molar-refractivity contribution in [3.8, 4) is 5.75 Å². The number of allylic oxidation sites excluding steroid dienone is 1. The minimum absolute atomic E-state index is 0.392. The third kappa shape index (κ3) is 5.22. The Morgan fingerprint density at radius 1 is 1.15 bits per heavy atom. The molecule has 1 aromatic heterocycles. The molecule has 0 radical (unpaired) electrons. The van der Waals surface area contributed by atoms with Gasteiger partial charge in [0, 0.05) is 17.9 Å². The van der Waals surface area contributed by atoms with Gasteiger partial charge in [-0.05, 0) is 36.6 Å². The van der Waals surface area contributed by atoms with Crippen molar-refractivity contribution in [2.24, 2.45) is 0 Å². The fourth-order valence-electron chi connectivity index (χ4n) is 3.75. The van der Waals surface area contributed by atoms with Crippen LogP contribution in [0.5, 0.6) is 5.75 Å². The van der Waals surface area contributed by atoms with E-state index in [2.05, 4.69) is 34.5 Å². The van der Waals surface area contributed by atoms with Crippen LogP contribution in [0.1, 0.15) is 37.4 Å². The van der Waals surface area contributed by atoms with Crippen molar-refractivity contribution in [3.05, 3.63) is 77.0 Å². The van der Waals surface area contributed by atoms with Crippen LogP contribution in [-0.2, 0) is 16.0 Å². The van der Waals surface area contributed by atoms with Crippen molar-refractivity contribution >= 4 is 23.7 Å². The number of rotatable bonds is 9. The second-order valence-electron chi connectivity index (χ2n) is 7.72. The molecule has 8 heteroatoms. The molecule has 1 atom stereocenters. The normalized spacial score (nSPS) is 15.1. The molecule has 2 heterocycles. The van der Waals surface area contributed by atoms with Gasteiger partial charge < -0.3 is 14.8 Å². The molecule has 1 aliphatic rings. The predicted octanol–water partition coefficient (Wildman–Crippen LogP) is 4.86. The van der Waals surface area contributed by atoms with Crippen molar-refractivity contribution in [2.75, 3.05) is 24.8 Å². The van der Waals surface area contributed by atoms with Crippen LogP contribution in [0.2, 0.25) is 0 Å². The summed E-state index contributed by atoms with van der Waals surface area (Å²) in [5.41, 5.74) is 3.37. The maximum absolute atomic E-state index is 12.7. The van der Waals surface area contributed by atoms with Gasteiger partial charge in [0.1, 0.15) is 11.8 Å². The number of hydrogen-bond acceptors (Lipinski definition) is 7. The van der Waals surface area contributed by atoms with Gasteiger partial charge in [0.25, 0.3) is 0 Å². The van der Waals surface area contributed by atoms with Crippen molar-refractivity contribution in [1.29, 1.82) is 0 Å². The molecule has 1 N–H and O–H groups in total. The number of nitrogens with zero attached hydrogens (tertiary/aromatic N) is 3. The summed E-state index contributed by atoms with van der Waals surface area (Å²) in [6, 6.07) is 17.6. The minimum atomic E-state index is -0.435. The van der Waals surface area contributed by atoms with E-state index in [1.807, 2.05) is 49.4 Å². The van der Waals surface area contributed by atoms with E-state index in [0.29, 0.717) is 29.0 Å². The van der Waals surface area contributed by atoms with Gasteiger partial charge in [-0.25, -0.2) is 9.48 Å². The molecule has 0 saturated carbocycles. The topological polar surface area (TPSA) is 78.3 Å². The summed E-state index contributed by atoms with van der Waals surface area (Å²) < 4.78 is 12.8. The summed E-state index contributed by atoms with van der Waals surface area (Å²) >= 11 is 1.60. The van der Waals surface area contributed by atoms with Gasteiger partial charge in [0.15, 0.2) is 0 Å². The van der Waals surface area contributed by atoms with Gasteiger partial charge in [-0.15, -0.1) is 5.10 Å². The Bertz CT molecular complexity index is 1130. The van der Waals surface area contributed by atoms with Crippen LogP contribution in [0.25, 0.3) is 0 Å². The fourth-order valence-corrected chi connectivity index (χ4v) is 4.43. The first kappa shape index (κ1) is 22.9. The smallest absolute Gasteiger partial charge is 0.338 e. The number of ether oxygens (including phenoxy) is 2. The molecule has 0 aliphatic carbocycles. The lowest BCUT2D eigenvalue weighted by molar-refractivity contribution is -0.136.